The standard InChI is InChI=1S/C17H17NO3S/c1-22-15-9-7-14(8-10-15)18-16(19)11-17(20)21-12-13-5-3-2-4-6-13/h2-10H,11-12H2,1H3,(H,18,19). The third-order valence-corrected chi connectivity index (χ3v) is 3.66. The zero-order valence-electron chi connectivity index (χ0n) is 12.2. The quantitative estimate of drug-likeness (QED) is 0.504. The van der Waals surface area contributed by atoms with Gasteiger partial charge < -0.3 is 10.1 Å². The first kappa shape index (κ1) is 16.1. The molecule has 0 heterocycles. The van der Waals surface area contributed by atoms with Crippen LogP contribution in [0.3, 0.4) is 0 Å². The summed E-state index contributed by atoms with van der Waals surface area (Å²) in [6.45, 7) is 0.176. The highest BCUT2D eigenvalue weighted by Crippen LogP contribution is 2.17. The predicted molar refractivity (Wildman–Crippen MR) is 87.7 cm³/mol. The number of benzene rings is 2. The number of amides is 1. The Morgan fingerprint density at radius 2 is 1.73 bits per heavy atom. The van der Waals surface area contributed by atoms with Gasteiger partial charge in [0.1, 0.15) is 13.0 Å². The fraction of sp³-hybridized carbons (Fsp3) is 0.176. The summed E-state index contributed by atoms with van der Waals surface area (Å²) in [6, 6.07) is 16.8. The van der Waals surface area contributed by atoms with E-state index in [9.17, 15) is 9.59 Å². The molecular formula is C17H17NO3S. The first-order chi connectivity index (χ1) is 10.7. The molecule has 5 heteroatoms. The van der Waals surface area contributed by atoms with Crippen molar-refractivity contribution in [2.24, 2.45) is 0 Å². The molecule has 0 radical (unpaired) electrons. The smallest absolute Gasteiger partial charge is 0.315 e. The summed E-state index contributed by atoms with van der Waals surface area (Å²) < 4.78 is 5.07. The molecule has 1 N–H and O–H groups in total. The van der Waals surface area contributed by atoms with Crippen molar-refractivity contribution < 1.29 is 14.3 Å². The number of anilines is 1. The van der Waals surface area contributed by atoms with Crippen molar-refractivity contribution >= 4 is 29.3 Å². The summed E-state index contributed by atoms with van der Waals surface area (Å²) in [7, 11) is 0. The van der Waals surface area contributed by atoms with Crippen LogP contribution in [0.4, 0.5) is 5.69 Å². The highest BCUT2D eigenvalue weighted by Gasteiger charge is 2.11. The van der Waals surface area contributed by atoms with Gasteiger partial charge in [-0.1, -0.05) is 30.3 Å². The fourth-order valence-corrected chi connectivity index (χ4v) is 2.21. The normalized spacial score (nSPS) is 10.0. The van der Waals surface area contributed by atoms with E-state index in [0.29, 0.717) is 5.69 Å². The molecule has 0 unspecified atom stereocenters. The summed E-state index contributed by atoms with van der Waals surface area (Å²) in [5.74, 6) is -0.919. The molecule has 0 atom stereocenters. The molecule has 0 fully saturated rings. The second-order valence-corrected chi connectivity index (χ2v) is 5.48. The first-order valence-corrected chi connectivity index (χ1v) is 8.03. The van der Waals surface area contributed by atoms with Gasteiger partial charge >= 0.3 is 5.97 Å². The highest BCUT2D eigenvalue weighted by molar-refractivity contribution is 7.98. The van der Waals surface area contributed by atoms with Crippen LogP contribution in [0.5, 0.6) is 0 Å². The van der Waals surface area contributed by atoms with Gasteiger partial charge in [-0.3, -0.25) is 9.59 Å². The van der Waals surface area contributed by atoms with E-state index in [-0.39, 0.29) is 18.9 Å². The molecule has 0 bridgehead atoms. The number of nitrogens with one attached hydrogen (secondary N) is 1. The summed E-state index contributed by atoms with van der Waals surface area (Å²) in [6.07, 6.45) is 1.69. The number of carbonyl (C=O) groups is 2. The summed E-state index contributed by atoms with van der Waals surface area (Å²) >= 11 is 1.62. The van der Waals surface area contributed by atoms with Crippen molar-refractivity contribution in [2.75, 3.05) is 11.6 Å². The van der Waals surface area contributed by atoms with Gasteiger partial charge in [-0.15, -0.1) is 11.8 Å². The zero-order valence-corrected chi connectivity index (χ0v) is 13.1. The van der Waals surface area contributed by atoms with E-state index in [2.05, 4.69) is 5.32 Å². The number of carbonyl (C=O) groups excluding carboxylic acids is 2. The molecule has 2 rings (SSSR count). The van der Waals surface area contributed by atoms with Crippen LogP contribution >= 0.6 is 11.8 Å². The maximum Gasteiger partial charge on any atom is 0.315 e. The van der Waals surface area contributed by atoms with Gasteiger partial charge in [0, 0.05) is 10.6 Å². The lowest BCUT2D eigenvalue weighted by Gasteiger charge is -2.07. The van der Waals surface area contributed by atoms with E-state index in [4.69, 9.17) is 4.74 Å². The van der Waals surface area contributed by atoms with Crippen LogP contribution in [0.1, 0.15) is 12.0 Å². The average molecular weight is 315 g/mol. The molecule has 0 spiro atoms. The van der Waals surface area contributed by atoms with Crippen molar-refractivity contribution in [2.45, 2.75) is 17.9 Å². The molecule has 2 aromatic rings. The van der Waals surface area contributed by atoms with Crippen LogP contribution in [0, 0.1) is 0 Å². The van der Waals surface area contributed by atoms with Gasteiger partial charge in [0.05, 0.1) is 0 Å². The maximum atomic E-state index is 11.8. The molecule has 1 amide bonds. The molecule has 0 aliphatic rings. The SMILES string of the molecule is CSc1ccc(NC(=O)CC(=O)OCc2ccccc2)cc1. The Morgan fingerprint density at radius 3 is 2.36 bits per heavy atom. The Labute approximate surface area is 133 Å². The van der Waals surface area contributed by atoms with E-state index in [1.165, 1.54) is 0 Å². The minimum atomic E-state index is -0.540. The molecule has 0 aromatic heterocycles. The third-order valence-electron chi connectivity index (χ3n) is 2.92. The topological polar surface area (TPSA) is 55.4 Å². The second-order valence-electron chi connectivity index (χ2n) is 4.60. The summed E-state index contributed by atoms with van der Waals surface area (Å²) in [5.41, 5.74) is 1.56. The van der Waals surface area contributed by atoms with Gasteiger partial charge in [0.15, 0.2) is 0 Å². The van der Waals surface area contributed by atoms with Gasteiger partial charge in [-0.25, -0.2) is 0 Å². The van der Waals surface area contributed by atoms with Crippen LogP contribution in [0.15, 0.2) is 59.5 Å². The van der Waals surface area contributed by atoms with E-state index in [1.807, 2.05) is 48.7 Å². The van der Waals surface area contributed by atoms with Gasteiger partial charge in [0.25, 0.3) is 0 Å². The number of ether oxygens (including phenoxy) is 1. The van der Waals surface area contributed by atoms with Crippen LogP contribution < -0.4 is 5.32 Å². The number of hydrogen-bond acceptors (Lipinski definition) is 4. The highest BCUT2D eigenvalue weighted by atomic mass is 32.2. The van der Waals surface area contributed by atoms with Crippen LogP contribution in [0.2, 0.25) is 0 Å². The van der Waals surface area contributed by atoms with Crippen molar-refractivity contribution in [1.82, 2.24) is 0 Å². The van der Waals surface area contributed by atoms with Gasteiger partial charge in [0.2, 0.25) is 5.91 Å². The predicted octanol–water partition coefficient (Wildman–Crippen LogP) is 3.48. The second kappa shape index (κ2) is 8.24. The minimum absolute atomic E-state index is 0.176. The Morgan fingerprint density at radius 1 is 1.05 bits per heavy atom. The molecule has 0 saturated carbocycles. The summed E-state index contributed by atoms with van der Waals surface area (Å²) in [4.78, 5) is 24.5. The number of esters is 1. The van der Waals surface area contributed by atoms with E-state index in [0.717, 1.165) is 10.5 Å². The van der Waals surface area contributed by atoms with Crippen LogP contribution in [-0.2, 0) is 20.9 Å². The van der Waals surface area contributed by atoms with Crippen molar-refractivity contribution in [3.63, 3.8) is 0 Å². The number of thioether (sulfide) groups is 1. The van der Waals surface area contributed by atoms with Crippen molar-refractivity contribution in [3.8, 4) is 0 Å². The summed E-state index contributed by atoms with van der Waals surface area (Å²) in [5, 5.41) is 2.67. The number of rotatable bonds is 6. The Kier molecular flexibility index (Phi) is 6.03. The first-order valence-electron chi connectivity index (χ1n) is 6.81. The largest absolute Gasteiger partial charge is 0.460 e. The molecule has 0 aliphatic heterocycles. The lowest BCUT2D eigenvalue weighted by Crippen LogP contribution is -2.18. The lowest BCUT2D eigenvalue weighted by atomic mass is 10.2. The molecule has 4 nitrogen and oxygen atoms in total. The van der Waals surface area contributed by atoms with E-state index < -0.39 is 5.97 Å². The molecule has 2 aromatic carbocycles. The lowest BCUT2D eigenvalue weighted by molar-refractivity contribution is -0.146. The Hall–Kier alpha value is -2.27. The third kappa shape index (κ3) is 5.26. The van der Waals surface area contributed by atoms with Crippen LogP contribution in [0.25, 0.3) is 0 Å². The monoisotopic (exact) mass is 315 g/mol. The van der Waals surface area contributed by atoms with E-state index in [1.54, 1.807) is 23.9 Å². The molecule has 0 aliphatic carbocycles. The Bertz CT molecular complexity index is 626. The molecule has 22 heavy (non-hydrogen) atoms. The zero-order chi connectivity index (χ0) is 15.8. The average Bonchev–Trinajstić information content (AvgIpc) is 2.54. The Balaban J connectivity index is 1.77. The van der Waals surface area contributed by atoms with Crippen LogP contribution in [-0.4, -0.2) is 18.1 Å². The van der Waals surface area contributed by atoms with Gasteiger partial charge in [-0.05, 0) is 36.1 Å². The molecule has 0 saturated heterocycles. The van der Waals surface area contributed by atoms with Gasteiger partial charge in [-0.2, -0.15) is 0 Å². The maximum absolute atomic E-state index is 11.8. The number of hydrogen-bond donors (Lipinski definition) is 1. The fourth-order valence-electron chi connectivity index (χ4n) is 1.80. The molecule has 114 valence electrons. The van der Waals surface area contributed by atoms with Crippen molar-refractivity contribution in [3.05, 3.63) is 60.2 Å². The minimum Gasteiger partial charge on any atom is -0.460 e. The van der Waals surface area contributed by atoms with E-state index >= 15 is 0 Å². The molecular weight excluding hydrogens is 298 g/mol. The van der Waals surface area contributed by atoms with Crippen molar-refractivity contribution in [1.29, 1.82) is 0 Å².